The molecule has 0 bridgehead atoms. The molecule has 0 aliphatic carbocycles. The highest BCUT2D eigenvalue weighted by Gasteiger charge is 2.18. The molecule has 2 aromatic carbocycles. The number of ether oxygens (including phenoxy) is 1. The number of nitro benzene ring substituents is 1. The third kappa shape index (κ3) is 6.01. The lowest BCUT2D eigenvalue weighted by molar-refractivity contribution is -0.384. The monoisotopic (exact) mass is 387 g/mol. The fourth-order valence-electron chi connectivity index (χ4n) is 2.31. The van der Waals surface area contributed by atoms with Crippen molar-refractivity contribution in [1.29, 1.82) is 0 Å². The van der Waals surface area contributed by atoms with Crippen LogP contribution in [0.5, 0.6) is 0 Å². The summed E-state index contributed by atoms with van der Waals surface area (Å²) in [7, 11) is 3.39. The van der Waals surface area contributed by atoms with Gasteiger partial charge >= 0.3 is 0 Å². The lowest BCUT2D eigenvalue weighted by Crippen LogP contribution is -2.34. The number of hydrazone groups is 1. The second-order valence-corrected chi connectivity index (χ2v) is 5.93. The molecule has 0 aliphatic heterocycles. The van der Waals surface area contributed by atoms with Crippen LogP contribution in [0.1, 0.15) is 5.56 Å². The molecule has 0 saturated heterocycles. The summed E-state index contributed by atoms with van der Waals surface area (Å²) in [5.41, 5.74) is 4.58. The highest BCUT2D eigenvalue weighted by atomic mass is 32.1. The first-order valence-corrected chi connectivity index (χ1v) is 8.57. The van der Waals surface area contributed by atoms with Crippen LogP contribution < -0.4 is 15.6 Å². The summed E-state index contributed by atoms with van der Waals surface area (Å²) in [5, 5.41) is 18.8. The lowest BCUT2D eigenvalue weighted by Gasteiger charge is -2.19. The molecular formula is C18H21N5O3S. The number of anilines is 2. The number of nitrogens with zero attached hydrogens (tertiary/aromatic N) is 3. The maximum Gasteiger partial charge on any atom is 0.293 e. The number of thiocarbonyl (C=S) groups is 1. The lowest BCUT2D eigenvalue weighted by atomic mass is 10.1. The summed E-state index contributed by atoms with van der Waals surface area (Å²) >= 11 is 5.05. The van der Waals surface area contributed by atoms with Crippen LogP contribution in [0, 0.1) is 10.1 Å². The van der Waals surface area contributed by atoms with E-state index < -0.39 is 4.92 Å². The first kappa shape index (κ1) is 20.3. The molecule has 2 rings (SSSR count). The highest BCUT2D eigenvalue weighted by Crippen LogP contribution is 2.32. The van der Waals surface area contributed by atoms with Gasteiger partial charge in [0.2, 0.25) is 0 Å². The van der Waals surface area contributed by atoms with Crippen LogP contribution in [0.25, 0.3) is 0 Å². The summed E-state index contributed by atoms with van der Waals surface area (Å²) in [4.78, 5) is 12.9. The van der Waals surface area contributed by atoms with Crippen LogP contribution in [0.2, 0.25) is 0 Å². The zero-order valence-corrected chi connectivity index (χ0v) is 15.9. The Morgan fingerprint density at radius 1 is 1.33 bits per heavy atom. The quantitative estimate of drug-likeness (QED) is 0.237. The van der Waals surface area contributed by atoms with Crippen LogP contribution in [0.4, 0.5) is 17.1 Å². The SMILES string of the molecule is COCCNC(=S)N/N=C\c1ccc(N(C)c2ccccc2)c([N+](=O)[O-])c1. The van der Waals surface area contributed by atoms with E-state index in [1.54, 1.807) is 31.2 Å². The number of nitro groups is 1. The third-order valence-electron chi connectivity index (χ3n) is 3.67. The van der Waals surface area contributed by atoms with Crippen LogP contribution in [0.15, 0.2) is 53.6 Å². The molecule has 9 heteroatoms. The van der Waals surface area contributed by atoms with Gasteiger partial charge in [-0.25, -0.2) is 0 Å². The molecule has 142 valence electrons. The van der Waals surface area contributed by atoms with E-state index in [4.69, 9.17) is 17.0 Å². The minimum atomic E-state index is -0.406. The van der Waals surface area contributed by atoms with E-state index in [1.165, 1.54) is 12.3 Å². The molecule has 0 amide bonds. The maximum atomic E-state index is 11.5. The normalized spacial score (nSPS) is 10.6. The van der Waals surface area contributed by atoms with Gasteiger partial charge in [0.1, 0.15) is 5.69 Å². The highest BCUT2D eigenvalue weighted by molar-refractivity contribution is 7.80. The van der Waals surface area contributed by atoms with Gasteiger partial charge in [-0.3, -0.25) is 15.5 Å². The van der Waals surface area contributed by atoms with Gasteiger partial charge in [-0.15, -0.1) is 0 Å². The molecule has 0 aliphatic rings. The average molecular weight is 387 g/mol. The minimum absolute atomic E-state index is 0.00824. The molecular weight excluding hydrogens is 366 g/mol. The van der Waals surface area contributed by atoms with Gasteiger partial charge in [-0.05, 0) is 30.4 Å². The zero-order valence-electron chi connectivity index (χ0n) is 15.1. The summed E-state index contributed by atoms with van der Waals surface area (Å²) in [6.07, 6.45) is 1.48. The average Bonchev–Trinajstić information content (AvgIpc) is 2.68. The van der Waals surface area contributed by atoms with Crippen molar-refractivity contribution in [2.75, 3.05) is 32.2 Å². The standard InChI is InChI=1S/C18H21N5O3S/c1-22(15-6-4-3-5-7-15)16-9-8-14(12-17(16)23(24)25)13-20-21-18(27)19-10-11-26-2/h3-9,12-13H,10-11H2,1-2H3,(H2,19,21,27)/b20-13-. The van der Waals surface area contributed by atoms with E-state index in [2.05, 4.69) is 15.8 Å². The Bertz CT molecular complexity index is 814. The Kier molecular flexibility index (Phi) is 7.65. The van der Waals surface area contributed by atoms with Crippen LogP contribution >= 0.6 is 12.2 Å². The number of para-hydroxylation sites is 1. The maximum absolute atomic E-state index is 11.5. The Morgan fingerprint density at radius 3 is 2.74 bits per heavy atom. The van der Waals surface area contributed by atoms with Crippen molar-refractivity contribution in [1.82, 2.24) is 10.7 Å². The summed E-state index contributed by atoms with van der Waals surface area (Å²) < 4.78 is 4.91. The molecule has 0 saturated carbocycles. The van der Waals surface area contributed by atoms with Crippen molar-refractivity contribution < 1.29 is 9.66 Å². The van der Waals surface area contributed by atoms with Gasteiger partial charge in [0.05, 0.1) is 17.7 Å². The van der Waals surface area contributed by atoms with Gasteiger partial charge < -0.3 is 15.0 Å². The number of nitrogens with one attached hydrogen (secondary N) is 2. The van der Waals surface area contributed by atoms with Gasteiger partial charge in [0.15, 0.2) is 5.11 Å². The van der Waals surface area contributed by atoms with Crippen LogP contribution in [-0.2, 0) is 4.74 Å². The van der Waals surface area contributed by atoms with Crippen LogP contribution in [0.3, 0.4) is 0 Å². The fourth-order valence-corrected chi connectivity index (χ4v) is 2.47. The Morgan fingerprint density at radius 2 is 2.07 bits per heavy atom. The van der Waals surface area contributed by atoms with E-state index in [0.717, 1.165) is 5.69 Å². The van der Waals surface area contributed by atoms with E-state index in [0.29, 0.717) is 29.5 Å². The molecule has 2 N–H and O–H groups in total. The Balaban J connectivity index is 2.12. The molecule has 0 aromatic heterocycles. The second-order valence-electron chi connectivity index (χ2n) is 5.52. The number of benzene rings is 2. The minimum Gasteiger partial charge on any atom is -0.383 e. The van der Waals surface area contributed by atoms with Gasteiger partial charge in [-0.2, -0.15) is 5.10 Å². The summed E-state index contributed by atoms with van der Waals surface area (Å²) in [6, 6.07) is 14.4. The molecule has 0 atom stereocenters. The molecule has 0 heterocycles. The zero-order chi connectivity index (χ0) is 19.6. The van der Waals surface area contributed by atoms with Crippen molar-refractivity contribution in [2.24, 2.45) is 5.10 Å². The van der Waals surface area contributed by atoms with Crippen molar-refractivity contribution in [2.45, 2.75) is 0 Å². The summed E-state index contributed by atoms with van der Waals surface area (Å²) in [6.45, 7) is 1.08. The van der Waals surface area contributed by atoms with Gasteiger partial charge in [0, 0.05) is 38.0 Å². The van der Waals surface area contributed by atoms with E-state index >= 15 is 0 Å². The number of hydrogen-bond acceptors (Lipinski definition) is 6. The van der Waals surface area contributed by atoms with Gasteiger partial charge in [-0.1, -0.05) is 24.3 Å². The predicted molar refractivity (Wildman–Crippen MR) is 111 cm³/mol. The third-order valence-corrected chi connectivity index (χ3v) is 3.91. The molecule has 0 radical (unpaired) electrons. The first-order chi connectivity index (χ1) is 13.0. The van der Waals surface area contributed by atoms with E-state index in [9.17, 15) is 10.1 Å². The van der Waals surface area contributed by atoms with Crippen molar-refractivity contribution in [3.63, 3.8) is 0 Å². The molecule has 8 nitrogen and oxygen atoms in total. The number of rotatable bonds is 8. The van der Waals surface area contributed by atoms with E-state index in [-0.39, 0.29) is 5.69 Å². The molecule has 0 spiro atoms. The first-order valence-electron chi connectivity index (χ1n) is 8.16. The van der Waals surface area contributed by atoms with Gasteiger partial charge in [0.25, 0.3) is 5.69 Å². The Labute approximate surface area is 163 Å². The molecule has 0 fully saturated rings. The molecule has 27 heavy (non-hydrogen) atoms. The largest absolute Gasteiger partial charge is 0.383 e. The van der Waals surface area contributed by atoms with Crippen molar-refractivity contribution in [3.8, 4) is 0 Å². The van der Waals surface area contributed by atoms with Crippen molar-refractivity contribution >= 4 is 40.6 Å². The Hall–Kier alpha value is -3.04. The number of hydrogen-bond donors (Lipinski definition) is 2. The fraction of sp³-hybridized carbons (Fsp3) is 0.222. The smallest absolute Gasteiger partial charge is 0.293 e. The van der Waals surface area contributed by atoms with Crippen LogP contribution in [-0.4, -0.2) is 43.6 Å². The summed E-state index contributed by atoms with van der Waals surface area (Å²) in [5.74, 6) is 0. The predicted octanol–water partition coefficient (Wildman–Crippen LogP) is 2.81. The molecule has 2 aromatic rings. The molecule has 0 unspecified atom stereocenters. The van der Waals surface area contributed by atoms with E-state index in [1.807, 2.05) is 30.3 Å². The van der Waals surface area contributed by atoms with Crippen molar-refractivity contribution in [3.05, 3.63) is 64.2 Å². The topological polar surface area (TPSA) is 92.0 Å². The second kappa shape index (κ2) is 10.2. The number of methoxy groups -OCH3 is 1.